The number of carbonyl (C=O) groups is 1. The number of carbonyl (C=O) groups excluding carboxylic acids is 1. The van der Waals surface area contributed by atoms with Gasteiger partial charge in [-0.2, -0.15) is 4.68 Å². The number of hydrogen-bond donors (Lipinski definition) is 1. The Labute approximate surface area is 156 Å². The number of Topliss-reactive ketones (excluding diaryl/α,β-unsaturated/α-hetero) is 1. The van der Waals surface area contributed by atoms with Crippen molar-refractivity contribution in [2.45, 2.75) is 43.7 Å². The number of aromatic nitrogens is 4. The van der Waals surface area contributed by atoms with Gasteiger partial charge < -0.3 is 5.11 Å². The third-order valence-corrected chi connectivity index (χ3v) is 7.42. The van der Waals surface area contributed by atoms with Gasteiger partial charge in [-0.15, -0.1) is 5.10 Å². The van der Waals surface area contributed by atoms with Gasteiger partial charge in [0.25, 0.3) is 0 Å². The van der Waals surface area contributed by atoms with Gasteiger partial charge in [0.05, 0.1) is 11.4 Å². The maximum Gasteiger partial charge on any atom is 0.214 e. The number of thioether (sulfide) groups is 1. The van der Waals surface area contributed by atoms with Crippen LogP contribution in [0.4, 0.5) is 0 Å². The molecule has 1 aromatic heterocycles. The van der Waals surface area contributed by atoms with Crippen molar-refractivity contribution in [3.05, 3.63) is 24.3 Å². The second-order valence-electron chi connectivity index (χ2n) is 8.30. The van der Waals surface area contributed by atoms with Crippen LogP contribution < -0.4 is 0 Å². The molecule has 136 valence electrons. The zero-order chi connectivity index (χ0) is 17.7. The Hall–Kier alpha value is -1.89. The summed E-state index contributed by atoms with van der Waals surface area (Å²) in [6, 6.07) is 6.73. The summed E-state index contributed by atoms with van der Waals surface area (Å²) in [5.74, 6) is 3.35. The van der Waals surface area contributed by atoms with E-state index in [0.717, 1.165) is 42.7 Å². The van der Waals surface area contributed by atoms with E-state index in [2.05, 4.69) is 15.5 Å². The SMILES string of the molecule is O=C(CSc1nnnn1-c1ccc(O)cc1)C12CC3CC(CC(C3)C1)C2. The van der Waals surface area contributed by atoms with Gasteiger partial charge in [-0.3, -0.25) is 4.79 Å². The van der Waals surface area contributed by atoms with E-state index >= 15 is 0 Å². The number of nitrogens with zero attached hydrogens (tertiary/aromatic N) is 4. The molecule has 1 N–H and O–H groups in total. The van der Waals surface area contributed by atoms with Crippen LogP contribution in [0.3, 0.4) is 0 Å². The van der Waals surface area contributed by atoms with Crippen LogP contribution in [0.15, 0.2) is 29.4 Å². The van der Waals surface area contributed by atoms with Gasteiger partial charge in [-0.1, -0.05) is 11.8 Å². The molecular weight excluding hydrogens is 348 g/mol. The maximum absolute atomic E-state index is 13.2. The predicted octanol–water partition coefficient (Wildman–Crippen LogP) is 3.25. The highest BCUT2D eigenvalue weighted by molar-refractivity contribution is 7.99. The van der Waals surface area contributed by atoms with E-state index in [4.69, 9.17) is 0 Å². The van der Waals surface area contributed by atoms with E-state index < -0.39 is 0 Å². The molecule has 2 aromatic rings. The van der Waals surface area contributed by atoms with E-state index in [1.165, 1.54) is 31.0 Å². The monoisotopic (exact) mass is 370 g/mol. The fourth-order valence-electron chi connectivity index (χ4n) is 5.76. The molecule has 0 radical (unpaired) electrons. The zero-order valence-corrected chi connectivity index (χ0v) is 15.4. The summed E-state index contributed by atoms with van der Waals surface area (Å²) in [5, 5.41) is 21.9. The first-order chi connectivity index (χ1) is 12.6. The minimum absolute atomic E-state index is 0.0709. The van der Waals surface area contributed by atoms with Crippen molar-refractivity contribution in [2.75, 3.05) is 5.75 Å². The highest BCUT2D eigenvalue weighted by Crippen LogP contribution is 2.60. The standard InChI is InChI=1S/C19H22N4O2S/c24-16-3-1-15(2-4-16)23-18(20-21-22-23)26-11-17(25)19-8-12-5-13(9-19)7-14(6-12)10-19/h1-4,12-14,24H,5-11H2. The van der Waals surface area contributed by atoms with Crippen LogP contribution in [0.25, 0.3) is 5.69 Å². The van der Waals surface area contributed by atoms with E-state index in [1.807, 2.05) is 0 Å². The lowest BCUT2D eigenvalue weighted by molar-refractivity contribution is -0.141. The zero-order valence-electron chi connectivity index (χ0n) is 14.5. The second-order valence-corrected chi connectivity index (χ2v) is 9.24. The number of tetrazole rings is 1. The Morgan fingerprint density at radius 3 is 2.35 bits per heavy atom. The van der Waals surface area contributed by atoms with Crippen LogP contribution in [0.2, 0.25) is 0 Å². The molecule has 6 rings (SSSR count). The Morgan fingerprint density at radius 2 is 1.73 bits per heavy atom. The normalized spacial score (nSPS) is 32.1. The van der Waals surface area contributed by atoms with E-state index in [1.54, 1.807) is 28.9 Å². The van der Waals surface area contributed by atoms with Gasteiger partial charge in [-0.25, -0.2) is 0 Å². The van der Waals surface area contributed by atoms with Crippen molar-refractivity contribution in [3.63, 3.8) is 0 Å². The van der Waals surface area contributed by atoms with Gasteiger partial charge in [-0.05, 0) is 91.0 Å². The van der Waals surface area contributed by atoms with Gasteiger partial charge in [0.15, 0.2) is 0 Å². The molecule has 26 heavy (non-hydrogen) atoms. The Bertz CT molecular complexity index is 797. The lowest BCUT2D eigenvalue weighted by atomic mass is 9.48. The van der Waals surface area contributed by atoms with Crippen molar-refractivity contribution in [3.8, 4) is 11.4 Å². The molecule has 6 nitrogen and oxygen atoms in total. The average molecular weight is 370 g/mol. The van der Waals surface area contributed by atoms with Crippen LogP contribution in [0.5, 0.6) is 5.75 Å². The van der Waals surface area contributed by atoms with Crippen LogP contribution in [0.1, 0.15) is 38.5 Å². The van der Waals surface area contributed by atoms with Gasteiger partial charge in [0, 0.05) is 5.41 Å². The van der Waals surface area contributed by atoms with E-state index in [0.29, 0.717) is 16.7 Å². The summed E-state index contributed by atoms with van der Waals surface area (Å²) in [6.45, 7) is 0. The molecule has 0 unspecified atom stereocenters. The maximum atomic E-state index is 13.2. The first kappa shape index (κ1) is 16.3. The quantitative estimate of drug-likeness (QED) is 0.814. The number of phenols is 1. The second kappa shape index (κ2) is 6.08. The summed E-state index contributed by atoms with van der Waals surface area (Å²) in [5.41, 5.74) is 0.705. The molecule has 4 bridgehead atoms. The fourth-order valence-corrected chi connectivity index (χ4v) is 6.68. The third kappa shape index (κ3) is 2.73. The van der Waals surface area contributed by atoms with Gasteiger partial charge >= 0.3 is 0 Å². The molecule has 1 aromatic carbocycles. The first-order valence-corrected chi connectivity index (χ1v) is 10.3. The minimum atomic E-state index is -0.0709. The molecule has 4 saturated carbocycles. The van der Waals surface area contributed by atoms with E-state index in [-0.39, 0.29) is 11.2 Å². The molecule has 0 saturated heterocycles. The lowest BCUT2D eigenvalue weighted by Gasteiger charge is -2.56. The topological polar surface area (TPSA) is 80.9 Å². The summed E-state index contributed by atoms with van der Waals surface area (Å²) < 4.78 is 1.62. The predicted molar refractivity (Wildman–Crippen MR) is 97.2 cm³/mol. The van der Waals surface area contributed by atoms with Crippen LogP contribution in [-0.4, -0.2) is 36.8 Å². The fraction of sp³-hybridized carbons (Fsp3) is 0.579. The first-order valence-electron chi connectivity index (χ1n) is 9.35. The summed E-state index contributed by atoms with van der Waals surface area (Å²) in [4.78, 5) is 13.2. The van der Waals surface area contributed by atoms with Gasteiger partial charge in [0.2, 0.25) is 5.16 Å². The Morgan fingerprint density at radius 1 is 1.12 bits per heavy atom. The average Bonchev–Trinajstić information content (AvgIpc) is 3.07. The molecule has 1 heterocycles. The largest absolute Gasteiger partial charge is 0.508 e. The molecule has 0 amide bonds. The molecule has 4 aliphatic carbocycles. The van der Waals surface area contributed by atoms with Crippen LogP contribution in [-0.2, 0) is 4.79 Å². The number of rotatable bonds is 5. The molecule has 4 fully saturated rings. The van der Waals surface area contributed by atoms with Crippen molar-refractivity contribution >= 4 is 17.5 Å². The van der Waals surface area contributed by atoms with Crippen molar-refractivity contribution in [1.29, 1.82) is 0 Å². The number of benzene rings is 1. The number of ketones is 1. The highest BCUT2D eigenvalue weighted by Gasteiger charge is 2.54. The minimum Gasteiger partial charge on any atom is -0.508 e. The lowest BCUT2D eigenvalue weighted by Crippen LogP contribution is -2.50. The molecular formula is C19H22N4O2S. The van der Waals surface area contributed by atoms with E-state index in [9.17, 15) is 9.90 Å². The summed E-state index contributed by atoms with van der Waals surface area (Å²) in [7, 11) is 0. The number of phenolic OH excluding ortho intramolecular Hbond substituents is 1. The molecule has 7 heteroatoms. The Balaban J connectivity index is 1.31. The molecule has 0 aliphatic heterocycles. The van der Waals surface area contributed by atoms with Crippen molar-refractivity contribution < 1.29 is 9.90 Å². The Kier molecular flexibility index (Phi) is 3.81. The van der Waals surface area contributed by atoms with Crippen LogP contribution >= 0.6 is 11.8 Å². The van der Waals surface area contributed by atoms with Crippen molar-refractivity contribution in [2.24, 2.45) is 23.2 Å². The van der Waals surface area contributed by atoms with Crippen molar-refractivity contribution in [1.82, 2.24) is 20.2 Å². The molecule has 0 atom stereocenters. The smallest absolute Gasteiger partial charge is 0.214 e. The van der Waals surface area contributed by atoms with Crippen LogP contribution in [0, 0.1) is 23.2 Å². The number of aromatic hydroxyl groups is 1. The summed E-state index contributed by atoms with van der Waals surface area (Å²) >= 11 is 1.42. The summed E-state index contributed by atoms with van der Waals surface area (Å²) in [6.07, 6.45) is 7.33. The third-order valence-electron chi connectivity index (χ3n) is 6.50. The molecule has 4 aliphatic rings. The highest BCUT2D eigenvalue weighted by atomic mass is 32.2. The van der Waals surface area contributed by atoms with Gasteiger partial charge in [0.1, 0.15) is 11.5 Å². The molecule has 0 spiro atoms. The number of hydrogen-bond acceptors (Lipinski definition) is 6.